The molecule has 1 aliphatic heterocycles. The molecule has 2 heterocycles. The van der Waals surface area contributed by atoms with Gasteiger partial charge in [0.05, 0.1) is 11.2 Å². The van der Waals surface area contributed by atoms with E-state index in [2.05, 4.69) is 33.5 Å². The van der Waals surface area contributed by atoms with Gasteiger partial charge >= 0.3 is 0 Å². The third kappa shape index (κ3) is 1.91. The summed E-state index contributed by atoms with van der Waals surface area (Å²) in [5.41, 5.74) is 1.80. The summed E-state index contributed by atoms with van der Waals surface area (Å²) >= 11 is 7.87. The van der Waals surface area contributed by atoms with E-state index in [1.807, 2.05) is 24.3 Å². The second-order valence-corrected chi connectivity index (χ2v) is 5.91. The van der Waals surface area contributed by atoms with Gasteiger partial charge in [0.25, 0.3) is 0 Å². The highest BCUT2D eigenvalue weighted by Gasteiger charge is 2.29. The van der Waals surface area contributed by atoms with E-state index in [0.29, 0.717) is 13.0 Å². The molecule has 1 unspecified atom stereocenters. The number of carbonyl (C=O) groups is 1. The van der Waals surface area contributed by atoms with Crippen LogP contribution in [0.1, 0.15) is 6.42 Å². The van der Waals surface area contributed by atoms with Crippen molar-refractivity contribution in [2.45, 2.75) is 11.7 Å². The molecule has 0 bridgehead atoms. The Morgan fingerprint density at radius 3 is 2.94 bits per heavy atom. The van der Waals surface area contributed by atoms with Crippen LogP contribution in [-0.4, -0.2) is 22.7 Å². The largest absolute Gasteiger partial charge is 0.311 e. The number of nitrogens with zero attached hydrogens (tertiary/aromatic N) is 2. The van der Waals surface area contributed by atoms with Crippen molar-refractivity contribution in [1.82, 2.24) is 4.98 Å². The third-order valence-electron chi connectivity index (χ3n) is 3.09. The van der Waals surface area contributed by atoms with Gasteiger partial charge in [-0.25, -0.2) is 0 Å². The van der Waals surface area contributed by atoms with Crippen LogP contribution in [0.5, 0.6) is 0 Å². The molecule has 1 aromatic carbocycles. The number of rotatable bonds is 1. The van der Waals surface area contributed by atoms with Crippen LogP contribution < -0.4 is 4.90 Å². The molecule has 0 spiro atoms. The Hall–Kier alpha value is -1.07. The molecule has 1 aliphatic rings. The number of hydrogen-bond acceptors (Lipinski definition) is 3. The molecule has 0 N–H and O–H groups in total. The first-order chi connectivity index (χ1) is 8.66. The van der Waals surface area contributed by atoms with E-state index in [4.69, 9.17) is 0 Å². The average Bonchev–Trinajstić information content (AvgIpc) is 2.69. The summed E-state index contributed by atoms with van der Waals surface area (Å²) in [4.78, 5) is 18.1. The minimum Gasteiger partial charge on any atom is -0.311 e. The molecule has 0 saturated carbocycles. The molecule has 0 aliphatic carbocycles. The topological polar surface area (TPSA) is 33.2 Å². The number of hydrogen-bond donors (Lipinski definition) is 1. The molecular weight excluding hydrogens is 312 g/mol. The smallest absolute Gasteiger partial charge is 0.228 e. The van der Waals surface area contributed by atoms with Gasteiger partial charge in [-0.3, -0.25) is 9.78 Å². The summed E-state index contributed by atoms with van der Waals surface area (Å²) in [5, 5.41) is 1.11. The highest BCUT2D eigenvalue weighted by Crippen LogP contribution is 2.33. The standard InChI is InChI=1S/C13H11BrN2OS/c14-10-3-4-11(9-2-1-5-15-13(9)10)16-7-8(18)6-12(16)17/h1-5,8,18H,6-7H2. The lowest BCUT2D eigenvalue weighted by molar-refractivity contribution is -0.117. The zero-order valence-corrected chi connectivity index (χ0v) is 12.0. The number of halogens is 1. The van der Waals surface area contributed by atoms with Gasteiger partial charge in [0.1, 0.15) is 0 Å². The molecule has 92 valence electrons. The van der Waals surface area contributed by atoms with Crippen LogP contribution in [0.25, 0.3) is 10.9 Å². The number of benzene rings is 1. The molecule has 0 radical (unpaired) electrons. The molecule has 1 aromatic heterocycles. The van der Waals surface area contributed by atoms with Gasteiger partial charge in [-0.15, -0.1) is 0 Å². The van der Waals surface area contributed by atoms with Crippen molar-refractivity contribution in [3.63, 3.8) is 0 Å². The van der Waals surface area contributed by atoms with E-state index in [9.17, 15) is 4.79 Å². The first-order valence-corrected chi connectivity index (χ1v) is 6.99. The lowest BCUT2D eigenvalue weighted by atomic mass is 10.1. The SMILES string of the molecule is O=C1CC(S)CN1c1ccc(Br)c2ncccc12. The highest BCUT2D eigenvalue weighted by atomic mass is 79.9. The van der Waals surface area contributed by atoms with Gasteiger partial charge in [-0.1, -0.05) is 0 Å². The van der Waals surface area contributed by atoms with Crippen molar-refractivity contribution in [3.05, 3.63) is 34.9 Å². The van der Waals surface area contributed by atoms with E-state index < -0.39 is 0 Å². The first-order valence-electron chi connectivity index (χ1n) is 5.68. The number of pyridine rings is 1. The quantitative estimate of drug-likeness (QED) is 0.819. The fraction of sp³-hybridized carbons (Fsp3) is 0.231. The van der Waals surface area contributed by atoms with Crippen molar-refractivity contribution in [1.29, 1.82) is 0 Å². The maximum Gasteiger partial charge on any atom is 0.228 e. The number of aromatic nitrogens is 1. The number of fused-ring (bicyclic) bond motifs is 1. The fourth-order valence-corrected chi connectivity index (χ4v) is 3.05. The molecule has 2 aromatic rings. The Kier molecular flexibility index (Phi) is 3.03. The van der Waals surface area contributed by atoms with Crippen LogP contribution >= 0.6 is 28.6 Å². The van der Waals surface area contributed by atoms with Crippen LogP contribution in [0.2, 0.25) is 0 Å². The summed E-state index contributed by atoms with van der Waals surface area (Å²) in [6, 6.07) is 7.76. The molecular formula is C13H11BrN2OS. The van der Waals surface area contributed by atoms with Gasteiger partial charge in [0.15, 0.2) is 0 Å². The summed E-state index contributed by atoms with van der Waals surface area (Å²) in [6.45, 7) is 0.660. The maximum absolute atomic E-state index is 12.0. The summed E-state index contributed by atoms with van der Waals surface area (Å²) < 4.78 is 0.941. The molecule has 3 nitrogen and oxygen atoms in total. The van der Waals surface area contributed by atoms with Crippen molar-refractivity contribution in [2.75, 3.05) is 11.4 Å². The molecule has 1 atom stereocenters. The van der Waals surface area contributed by atoms with Crippen LogP contribution in [-0.2, 0) is 4.79 Å². The van der Waals surface area contributed by atoms with Crippen LogP contribution in [0.4, 0.5) is 5.69 Å². The predicted molar refractivity (Wildman–Crippen MR) is 79.2 cm³/mol. The van der Waals surface area contributed by atoms with Crippen molar-refractivity contribution >= 4 is 51.1 Å². The minimum absolute atomic E-state index is 0.118. The van der Waals surface area contributed by atoms with Gasteiger partial charge < -0.3 is 4.90 Å². The molecule has 1 saturated heterocycles. The van der Waals surface area contributed by atoms with Gasteiger partial charge in [-0.2, -0.15) is 12.6 Å². The second kappa shape index (κ2) is 4.55. The minimum atomic E-state index is 0.118. The molecule has 1 fully saturated rings. The molecule has 5 heteroatoms. The highest BCUT2D eigenvalue weighted by molar-refractivity contribution is 9.10. The van der Waals surface area contributed by atoms with E-state index >= 15 is 0 Å². The Balaban J connectivity index is 2.18. The second-order valence-electron chi connectivity index (χ2n) is 4.33. The number of amides is 1. The van der Waals surface area contributed by atoms with E-state index in [1.165, 1.54) is 0 Å². The molecule has 1 amide bonds. The zero-order chi connectivity index (χ0) is 12.7. The molecule has 3 rings (SSSR count). The zero-order valence-electron chi connectivity index (χ0n) is 9.51. The van der Waals surface area contributed by atoms with Gasteiger partial charge in [-0.05, 0) is 40.2 Å². The van der Waals surface area contributed by atoms with Crippen molar-refractivity contribution in [3.8, 4) is 0 Å². The van der Waals surface area contributed by atoms with E-state index in [0.717, 1.165) is 21.1 Å². The Bertz CT molecular complexity index is 631. The summed E-state index contributed by atoms with van der Waals surface area (Å²) in [6.07, 6.45) is 2.25. The van der Waals surface area contributed by atoms with E-state index in [1.54, 1.807) is 11.1 Å². The molecule has 18 heavy (non-hydrogen) atoms. The fourth-order valence-electron chi connectivity index (χ4n) is 2.28. The van der Waals surface area contributed by atoms with Gasteiger partial charge in [0.2, 0.25) is 5.91 Å². The third-order valence-corrected chi connectivity index (χ3v) is 4.08. The normalized spacial score (nSPS) is 19.8. The number of thiol groups is 1. The number of carbonyl (C=O) groups excluding carboxylic acids is 1. The first kappa shape index (κ1) is 12.0. The van der Waals surface area contributed by atoms with Crippen LogP contribution in [0, 0.1) is 0 Å². The van der Waals surface area contributed by atoms with E-state index in [-0.39, 0.29) is 11.2 Å². The maximum atomic E-state index is 12.0. The van der Waals surface area contributed by atoms with Crippen molar-refractivity contribution < 1.29 is 4.79 Å². The Labute approximate surface area is 119 Å². The predicted octanol–water partition coefficient (Wildman–Crippen LogP) is 3.03. The van der Waals surface area contributed by atoms with Crippen LogP contribution in [0.15, 0.2) is 34.9 Å². The van der Waals surface area contributed by atoms with Crippen molar-refractivity contribution in [2.24, 2.45) is 0 Å². The Morgan fingerprint density at radius 1 is 1.39 bits per heavy atom. The number of anilines is 1. The average molecular weight is 323 g/mol. The Morgan fingerprint density at radius 2 is 2.22 bits per heavy atom. The summed E-state index contributed by atoms with van der Waals surface area (Å²) in [5.74, 6) is 0.127. The lowest BCUT2D eigenvalue weighted by Crippen LogP contribution is -2.24. The monoisotopic (exact) mass is 322 g/mol. The summed E-state index contributed by atoms with van der Waals surface area (Å²) in [7, 11) is 0. The van der Waals surface area contributed by atoms with Gasteiger partial charge in [0, 0.05) is 34.3 Å². The lowest BCUT2D eigenvalue weighted by Gasteiger charge is -2.18. The van der Waals surface area contributed by atoms with Crippen LogP contribution in [0.3, 0.4) is 0 Å².